The highest BCUT2D eigenvalue weighted by Gasteiger charge is 2.28. The molecule has 2 unspecified atom stereocenters. The minimum absolute atomic E-state index is 0.336. The summed E-state index contributed by atoms with van der Waals surface area (Å²) in [5.41, 5.74) is 2.69. The fraction of sp³-hybridized carbons (Fsp3) is 0.667. The summed E-state index contributed by atoms with van der Waals surface area (Å²) in [6.07, 6.45) is 4.40. The Morgan fingerprint density at radius 3 is 2.00 bits per heavy atom. The van der Waals surface area contributed by atoms with E-state index in [4.69, 9.17) is 0 Å². The van der Waals surface area contributed by atoms with Gasteiger partial charge >= 0.3 is 0 Å². The first-order valence-corrected chi connectivity index (χ1v) is 5.59. The van der Waals surface area contributed by atoms with Crippen LogP contribution in [0, 0.1) is 5.92 Å². The molecule has 2 atom stereocenters. The van der Waals surface area contributed by atoms with E-state index >= 15 is 0 Å². The molecule has 0 saturated carbocycles. The van der Waals surface area contributed by atoms with Crippen LogP contribution in [-0.4, -0.2) is 33.2 Å². The lowest BCUT2D eigenvalue weighted by molar-refractivity contribution is 0.446. The van der Waals surface area contributed by atoms with E-state index in [1.54, 1.807) is 0 Å². The number of hydrogen-bond donors (Lipinski definition) is 3. The van der Waals surface area contributed by atoms with Gasteiger partial charge in [0.25, 0.3) is 0 Å². The van der Waals surface area contributed by atoms with Gasteiger partial charge in [0.15, 0.2) is 0 Å². The highest BCUT2D eigenvalue weighted by atomic mass is 15.0. The van der Waals surface area contributed by atoms with E-state index in [1.165, 1.54) is 11.3 Å². The second kappa shape index (κ2) is 5.33. The second-order valence-electron chi connectivity index (χ2n) is 4.23. The summed E-state index contributed by atoms with van der Waals surface area (Å²) in [6, 6.07) is 0.713. The van der Waals surface area contributed by atoms with Crippen LogP contribution in [0.15, 0.2) is 23.4 Å². The molecule has 3 heteroatoms. The fourth-order valence-corrected chi connectivity index (χ4v) is 2.21. The standard InChI is InChI=1S/C12H23N3/c1-8(2)9-6-7-10(13-3)12(15-5)11(9)14-4/h6-8,11-15H,1-5H3. The summed E-state index contributed by atoms with van der Waals surface area (Å²) in [6.45, 7) is 4.47. The average Bonchev–Trinajstić information content (AvgIpc) is 2.26. The lowest BCUT2D eigenvalue weighted by Gasteiger charge is -2.35. The van der Waals surface area contributed by atoms with Crippen LogP contribution < -0.4 is 16.0 Å². The molecule has 3 nitrogen and oxygen atoms in total. The molecule has 1 rings (SSSR count). The molecule has 0 radical (unpaired) electrons. The minimum Gasteiger partial charge on any atom is -0.390 e. The Kier molecular flexibility index (Phi) is 4.36. The van der Waals surface area contributed by atoms with Crippen molar-refractivity contribution in [3.8, 4) is 0 Å². The van der Waals surface area contributed by atoms with E-state index in [0.29, 0.717) is 18.0 Å². The largest absolute Gasteiger partial charge is 0.390 e. The van der Waals surface area contributed by atoms with Gasteiger partial charge in [-0.3, -0.25) is 0 Å². The molecule has 0 bridgehead atoms. The zero-order chi connectivity index (χ0) is 11.4. The molecule has 0 heterocycles. The first kappa shape index (κ1) is 12.3. The third-order valence-electron chi connectivity index (χ3n) is 3.06. The number of likely N-dealkylation sites (N-methyl/N-ethyl adjacent to an activating group) is 3. The van der Waals surface area contributed by atoms with Gasteiger partial charge in [-0.15, -0.1) is 0 Å². The van der Waals surface area contributed by atoms with Crippen LogP contribution >= 0.6 is 0 Å². The highest BCUT2D eigenvalue weighted by Crippen LogP contribution is 2.23. The Morgan fingerprint density at radius 1 is 1.00 bits per heavy atom. The topological polar surface area (TPSA) is 36.1 Å². The smallest absolute Gasteiger partial charge is 0.0661 e. The average molecular weight is 209 g/mol. The minimum atomic E-state index is 0.336. The molecule has 0 saturated heterocycles. The quantitative estimate of drug-likeness (QED) is 0.643. The summed E-state index contributed by atoms with van der Waals surface area (Å²) in [5, 5.41) is 9.99. The van der Waals surface area contributed by atoms with Gasteiger partial charge in [-0.05, 0) is 31.7 Å². The SMILES string of the molecule is CNC1=CC=C(C(C)C)C(NC)C1NC. The van der Waals surface area contributed by atoms with Crippen LogP contribution in [0.1, 0.15) is 13.8 Å². The Hall–Kier alpha value is -0.800. The lowest BCUT2D eigenvalue weighted by Crippen LogP contribution is -2.51. The van der Waals surface area contributed by atoms with Crippen molar-refractivity contribution in [2.45, 2.75) is 25.9 Å². The molecule has 1 aliphatic rings. The maximum atomic E-state index is 3.39. The van der Waals surface area contributed by atoms with Crippen LogP contribution in [-0.2, 0) is 0 Å². The van der Waals surface area contributed by atoms with Gasteiger partial charge in [0, 0.05) is 18.8 Å². The number of rotatable bonds is 4. The third-order valence-corrected chi connectivity index (χ3v) is 3.06. The molecule has 3 N–H and O–H groups in total. The summed E-state index contributed by atoms with van der Waals surface area (Å²) in [7, 11) is 5.99. The van der Waals surface area contributed by atoms with Crippen molar-refractivity contribution >= 4 is 0 Å². The second-order valence-corrected chi connectivity index (χ2v) is 4.23. The number of nitrogens with one attached hydrogen (secondary N) is 3. The maximum Gasteiger partial charge on any atom is 0.0661 e. The van der Waals surface area contributed by atoms with Gasteiger partial charge in [0.2, 0.25) is 0 Å². The van der Waals surface area contributed by atoms with Crippen molar-refractivity contribution in [1.82, 2.24) is 16.0 Å². The predicted molar refractivity (Wildman–Crippen MR) is 65.8 cm³/mol. The van der Waals surface area contributed by atoms with E-state index in [2.05, 4.69) is 41.9 Å². The molecule has 0 aromatic rings. The van der Waals surface area contributed by atoms with E-state index in [0.717, 1.165) is 0 Å². The van der Waals surface area contributed by atoms with Crippen molar-refractivity contribution in [2.24, 2.45) is 5.92 Å². The first-order valence-electron chi connectivity index (χ1n) is 5.59. The Morgan fingerprint density at radius 2 is 1.60 bits per heavy atom. The van der Waals surface area contributed by atoms with Gasteiger partial charge in [0.05, 0.1) is 6.04 Å². The summed E-state index contributed by atoms with van der Waals surface area (Å²) >= 11 is 0. The molecule has 0 amide bonds. The Balaban J connectivity index is 2.99. The maximum absolute atomic E-state index is 3.39. The zero-order valence-corrected chi connectivity index (χ0v) is 10.4. The molecule has 0 fully saturated rings. The molecule has 86 valence electrons. The fourth-order valence-electron chi connectivity index (χ4n) is 2.21. The van der Waals surface area contributed by atoms with Crippen molar-refractivity contribution in [3.05, 3.63) is 23.4 Å². The van der Waals surface area contributed by atoms with E-state index in [1.807, 2.05) is 21.1 Å². The van der Waals surface area contributed by atoms with Crippen molar-refractivity contribution in [2.75, 3.05) is 21.1 Å². The van der Waals surface area contributed by atoms with Crippen LogP contribution in [0.2, 0.25) is 0 Å². The van der Waals surface area contributed by atoms with Crippen LogP contribution in [0.25, 0.3) is 0 Å². The molecule has 15 heavy (non-hydrogen) atoms. The van der Waals surface area contributed by atoms with Gasteiger partial charge in [-0.25, -0.2) is 0 Å². The zero-order valence-electron chi connectivity index (χ0n) is 10.4. The van der Waals surface area contributed by atoms with E-state index in [9.17, 15) is 0 Å². The van der Waals surface area contributed by atoms with Crippen LogP contribution in [0.5, 0.6) is 0 Å². The number of allylic oxidation sites excluding steroid dienone is 2. The van der Waals surface area contributed by atoms with Crippen molar-refractivity contribution in [3.63, 3.8) is 0 Å². The van der Waals surface area contributed by atoms with Gasteiger partial charge in [0.1, 0.15) is 0 Å². The van der Waals surface area contributed by atoms with Crippen molar-refractivity contribution < 1.29 is 0 Å². The van der Waals surface area contributed by atoms with Gasteiger partial charge in [-0.1, -0.05) is 19.9 Å². The third kappa shape index (κ3) is 2.41. The van der Waals surface area contributed by atoms with Crippen LogP contribution in [0.3, 0.4) is 0 Å². The predicted octanol–water partition coefficient (Wildman–Crippen LogP) is 0.862. The molecule has 0 aliphatic heterocycles. The monoisotopic (exact) mass is 209 g/mol. The molecule has 1 aliphatic carbocycles. The molecular formula is C12H23N3. The molecule has 0 aromatic heterocycles. The van der Waals surface area contributed by atoms with Gasteiger partial charge < -0.3 is 16.0 Å². The Bertz CT molecular complexity index is 266. The normalized spacial score (nSPS) is 26.3. The Labute approximate surface area is 93.0 Å². The summed E-state index contributed by atoms with van der Waals surface area (Å²) in [4.78, 5) is 0. The summed E-state index contributed by atoms with van der Waals surface area (Å²) < 4.78 is 0. The number of hydrogen-bond acceptors (Lipinski definition) is 3. The van der Waals surface area contributed by atoms with Gasteiger partial charge in [-0.2, -0.15) is 0 Å². The molecular weight excluding hydrogens is 186 g/mol. The van der Waals surface area contributed by atoms with Crippen molar-refractivity contribution in [1.29, 1.82) is 0 Å². The molecule has 0 spiro atoms. The lowest BCUT2D eigenvalue weighted by atomic mass is 9.85. The van der Waals surface area contributed by atoms with Crippen LogP contribution in [0.4, 0.5) is 0 Å². The van der Waals surface area contributed by atoms with E-state index < -0.39 is 0 Å². The molecule has 0 aromatic carbocycles. The highest BCUT2D eigenvalue weighted by molar-refractivity contribution is 5.34. The van der Waals surface area contributed by atoms with E-state index in [-0.39, 0.29) is 0 Å². The first-order chi connectivity index (χ1) is 7.15. The summed E-state index contributed by atoms with van der Waals surface area (Å²) in [5.74, 6) is 0.577.